The van der Waals surface area contributed by atoms with Gasteiger partial charge in [-0.15, -0.1) is 0 Å². The van der Waals surface area contributed by atoms with Gasteiger partial charge in [0.15, 0.2) is 5.58 Å². The maximum Gasteiger partial charge on any atom is 0.417 e. The second-order valence-electron chi connectivity index (χ2n) is 3.78. The highest BCUT2D eigenvalue weighted by Gasteiger charge is 2.21. The molecule has 1 N–H and O–H groups in total. The number of hydrogen-bond acceptors (Lipinski definition) is 5. The second-order valence-corrected chi connectivity index (χ2v) is 3.78. The molecule has 0 bridgehead atoms. The average molecular weight is 264 g/mol. The van der Waals surface area contributed by atoms with Crippen LogP contribution in [-0.4, -0.2) is 30.5 Å². The van der Waals surface area contributed by atoms with Gasteiger partial charge >= 0.3 is 17.6 Å². The summed E-state index contributed by atoms with van der Waals surface area (Å²) in [6, 6.07) is 4.67. The summed E-state index contributed by atoms with van der Waals surface area (Å²) in [5.41, 5.74) is 1.25. The number of esters is 1. The van der Waals surface area contributed by atoms with Crippen LogP contribution in [0.2, 0.25) is 0 Å². The molecule has 19 heavy (non-hydrogen) atoms. The number of benzene rings is 1. The first-order valence-electron chi connectivity index (χ1n) is 5.60. The molecule has 0 aliphatic heterocycles. The van der Waals surface area contributed by atoms with Crippen LogP contribution in [0.25, 0.3) is 11.1 Å². The van der Waals surface area contributed by atoms with Gasteiger partial charge in [-0.1, -0.05) is 0 Å². The van der Waals surface area contributed by atoms with E-state index in [0.29, 0.717) is 16.8 Å². The molecule has 1 aromatic heterocycles. The summed E-state index contributed by atoms with van der Waals surface area (Å²) in [5.74, 6) is -2.30. The van der Waals surface area contributed by atoms with Gasteiger partial charge in [-0.3, -0.25) is 9.78 Å². The van der Waals surface area contributed by atoms with Crippen LogP contribution in [0.15, 0.2) is 27.4 Å². The highest BCUT2D eigenvalue weighted by Crippen LogP contribution is 2.19. The van der Waals surface area contributed by atoms with E-state index in [4.69, 9.17) is 4.42 Å². The van der Waals surface area contributed by atoms with Gasteiger partial charge in [-0.25, -0.2) is 9.59 Å². The van der Waals surface area contributed by atoms with Crippen molar-refractivity contribution in [2.24, 2.45) is 0 Å². The van der Waals surface area contributed by atoms with Gasteiger partial charge in [-0.05, 0) is 19.1 Å². The Labute approximate surface area is 107 Å². The lowest BCUT2D eigenvalue weighted by atomic mass is 10.2. The van der Waals surface area contributed by atoms with Gasteiger partial charge < -0.3 is 14.1 Å². The molecule has 0 fully saturated rings. The van der Waals surface area contributed by atoms with Crippen molar-refractivity contribution in [1.82, 2.24) is 4.98 Å². The quantitative estimate of drug-likeness (QED) is 0.635. The maximum atomic E-state index is 11.7. The molecule has 1 amide bonds. The molecule has 2 aromatic rings. The number of anilines is 1. The fourth-order valence-electron chi connectivity index (χ4n) is 1.59. The molecular formula is C12H12N2O5. The van der Waals surface area contributed by atoms with E-state index in [9.17, 15) is 14.4 Å². The third-order valence-electron chi connectivity index (χ3n) is 2.55. The van der Waals surface area contributed by atoms with E-state index in [1.54, 1.807) is 19.1 Å². The first-order chi connectivity index (χ1) is 9.02. The molecule has 1 aromatic carbocycles. The van der Waals surface area contributed by atoms with Crippen LogP contribution < -0.4 is 10.7 Å². The van der Waals surface area contributed by atoms with E-state index in [0.717, 1.165) is 4.90 Å². The van der Waals surface area contributed by atoms with Gasteiger partial charge in [0.05, 0.1) is 12.1 Å². The van der Waals surface area contributed by atoms with Crippen molar-refractivity contribution in [3.63, 3.8) is 0 Å². The summed E-state index contributed by atoms with van der Waals surface area (Å²) in [6.07, 6.45) is 0. The van der Waals surface area contributed by atoms with E-state index in [2.05, 4.69) is 9.72 Å². The number of nitrogens with zero attached hydrogens (tertiary/aromatic N) is 1. The number of likely N-dealkylation sites (N-methyl/N-ethyl adjacent to an activating group) is 1. The zero-order valence-electron chi connectivity index (χ0n) is 10.4. The molecule has 0 aliphatic carbocycles. The van der Waals surface area contributed by atoms with Gasteiger partial charge in [0.2, 0.25) is 0 Å². The molecule has 0 atom stereocenters. The normalized spacial score (nSPS) is 10.4. The minimum Gasteiger partial charge on any atom is -0.459 e. The Bertz CT molecular complexity index is 685. The molecule has 7 heteroatoms. The average Bonchev–Trinajstić information content (AvgIpc) is 2.76. The predicted molar refractivity (Wildman–Crippen MR) is 66.9 cm³/mol. The molecule has 0 unspecified atom stereocenters. The van der Waals surface area contributed by atoms with Crippen LogP contribution in [0.4, 0.5) is 5.69 Å². The molecule has 0 aliphatic rings. The number of amides is 1. The fraction of sp³-hybridized carbons (Fsp3) is 0.250. The highest BCUT2D eigenvalue weighted by atomic mass is 16.5. The lowest BCUT2D eigenvalue weighted by Crippen LogP contribution is -2.34. The van der Waals surface area contributed by atoms with Gasteiger partial charge in [0, 0.05) is 18.8 Å². The van der Waals surface area contributed by atoms with Crippen molar-refractivity contribution in [1.29, 1.82) is 0 Å². The number of rotatable bonds is 2. The van der Waals surface area contributed by atoms with Crippen LogP contribution in [0.1, 0.15) is 6.92 Å². The number of fused-ring (bicyclic) bond motifs is 1. The Kier molecular flexibility index (Phi) is 3.37. The van der Waals surface area contributed by atoms with Crippen LogP contribution >= 0.6 is 0 Å². The number of oxazole rings is 1. The molecular weight excluding hydrogens is 252 g/mol. The van der Waals surface area contributed by atoms with Crippen molar-refractivity contribution in [2.75, 3.05) is 18.6 Å². The Hall–Kier alpha value is -2.57. The molecule has 0 saturated heterocycles. The topological polar surface area (TPSA) is 92.6 Å². The molecule has 1 heterocycles. The molecule has 2 rings (SSSR count). The summed E-state index contributed by atoms with van der Waals surface area (Å²) in [7, 11) is 1.44. The first kappa shape index (κ1) is 12.9. The Balaban J connectivity index is 2.30. The lowest BCUT2D eigenvalue weighted by molar-refractivity contribution is -0.153. The van der Waals surface area contributed by atoms with Crippen LogP contribution in [0.3, 0.4) is 0 Å². The van der Waals surface area contributed by atoms with E-state index in [-0.39, 0.29) is 6.61 Å². The van der Waals surface area contributed by atoms with Crippen molar-refractivity contribution in [3.8, 4) is 0 Å². The second kappa shape index (κ2) is 4.97. The Morgan fingerprint density at radius 3 is 2.84 bits per heavy atom. The van der Waals surface area contributed by atoms with Crippen molar-refractivity contribution >= 4 is 28.7 Å². The number of carbonyl (C=O) groups excluding carboxylic acids is 2. The summed E-state index contributed by atoms with van der Waals surface area (Å²) < 4.78 is 9.51. The number of carbonyl (C=O) groups is 2. The van der Waals surface area contributed by atoms with Gasteiger partial charge in [0.1, 0.15) is 0 Å². The van der Waals surface area contributed by atoms with Crippen LogP contribution in [0.5, 0.6) is 0 Å². The van der Waals surface area contributed by atoms with Crippen LogP contribution in [-0.2, 0) is 14.3 Å². The number of nitrogens with one attached hydrogen (secondary N) is 1. The number of H-pyrrole nitrogens is 1. The largest absolute Gasteiger partial charge is 0.459 e. The van der Waals surface area contributed by atoms with Crippen LogP contribution in [0, 0.1) is 0 Å². The smallest absolute Gasteiger partial charge is 0.417 e. The lowest BCUT2D eigenvalue weighted by Gasteiger charge is -2.15. The molecule has 0 saturated carbocycles. The third-order valence-corrected chi connectivity index (χ3v) is 2.55. The molecule has 100 valence electrons. The van der Waals surface area contributed by atoms with E-state index in [1.165, 1.54) is 13.1 Å². The zero-order valence-corrected chi connectivity index (χ0v) is 10.4. The monoisotopic (exact) mass is 264 g/mol. The number of aromatic amines is 1. The Morgan fingerprint density at radius 1 is 1.42 bits per heavy atom. The minimum absolute atomic E-state index is 0.129. The van der Waals surface area contributed by atoms with Gasteiger partial charge in [0.25, 0.3) is 0 Å². The summed E-state index contributed by atoms with van der Waals surface area (Å²) in [4.78, 5) is 37.7. The predicted octanol–water partition coefficient (Wildman–Crippen LogP) is 0.647. The third kappa shape index (κ3) is 2.49. The van der Waals surface area contributed by atoms with Gasteiger partial charge in [-0.2, -0.15) is 0 Å². The van der Waals surface area contributed by atoms with E-state index >= 15 is 0 Å². The molecule has 0 radical (unpaired) electrons. The number of ether oxygens (including phenoxy) is 1. The zero-order chi connectivity index (χ0) is 14.0. The molecule has 7 nitrogen and oxygen atoms in total. The van der Waals surface area contributed by atoms with E-state index in [1.807, 2.05) is 0 Å². The minimum atomic E-state index is -0.930. The summed E-state index contributed by atoms with van der Waals surface area (Å²) in [5, 5.41) is 0. The standard InChI is InChI=1S/C12H12N2O5/c1-3-18-11(16)10(15)14(2)7-4-5-8-9(6-7)19-12(17)13-8/h4-6H,3H2,1-2H3,(H,13,17). The summed E-state index contributed by atoms with van der Waals surface area (Å²) >= 11 is 0. The Morgan fingerprint density at radius 2 is 2.16 bits per heavy atom. The van der Waals surface area contributed by atoms with Crippen molar-refractivity contribution in [3.05, 3.63) is 28.7 Å². The fourth-order valence-corrected chi connectivity index (χ4v) is 1.59. The SMILES string of the molecule is CCOC(=O)C(=O)N(C)c1ccc2[nH]c(=O)oc2c1. The summed E-state index contributed by atoms with van der Waals surface area (Å²) in [6.45, 7) is 1.75. The number of aromatic nitrogens is 1. The van der Waals surface area contributed by atoms with E-state index < -0.39 is 17.6 Å². The van der Waals surface area contributed by atoms with Crippen molar-refractivity contribution < 1.29 is 18.7 Å². The first-order valence-corrected chi connectivity index (χ1v) is 5.60. The number of hydrogen-bond donors (Lipinski definition) is 1. The van der Waals surface area contributed by atoms with Crippen molar-refractivity contribution in [2.45, 2.75) is 6.92 Å². The highest BCUT2D eigenvalue weighted by molar-refractivity contribution is 6.38. The molecule has 0 spiro atoms. The maximum absolute atomic E-state index is 11.7.